The predicted molar refractivity (Wildman–Crippen MR) is 84.4 cm³/mol. The normalized spacial score (nSPS) is 13.0. The van der Waals surface area contributed by atoms with Crippen molar-refractivity contribution in [3.63, 3.8) is 0 Å². The van der Waals surface area contributed by atoms with Crippen molar-refractivity contribution >= 4 is 29.5 Å². The minimum atomic E-state index is -0.606. The van der Waals surface area contributed by atoms with Crippen molar-refractivity contribution in [3.8, 4) is 0 Å². The van der Waals surface area contributed by atoms with E-state index >= 15 is 0 Å². The molecule has 2 heterocycles. The van der Waals surface area contributed by atoms with Crippen LogP contribution in [-0.4, -0.2) is 21.8 Å². The van der Waals surface area contributed by atoms with Crippen LogP contribution in [0.25, 0.3) is 12.2 Å². The summed E-state index contributed by atoms with van der Waals surface area (Å²) in [6.45, 7) is 3.83. The molecule has 0 aromatic carbocycles. The zero-order chi connectivity index (χ0) is 15.2. The maximum Gasteiger partial charge on any atom is 0.324 e. The summed E-state index contributed by atoms with van der Waals surface area (Å²) in [6, 6.07) is 5.28. The Labute approximate surface area is 128 Å². The van der Waals surface area contributed by atoms with Gasteiger partial charge in [-0.15, -0.1) is 11.3 Å². The standard InChI is InChI=1S/C15H19N3O2S/c1-11(2)14(16)15(19)20-10-18-12(7-8-17-18)5-6-13-4-3-9-21-13/h3-9,11,14H,10,16H2,1-2H3/b6-5+. The number of carbonyl (C=O) groups is 1. The lowest BCUT2D eigenvalue weighted by Gasteiger charge is -2.14. The number of rotatable bonds is 6. The van der Waals surface area contributed by atoms with Crippen molar-refractivity contribution in [3.05, 3.63) is 40.3 Å². The molecule has 0 aliphatic rings. The van der Waals surface area contributed by atoms with Gasteiger partial charge in [0.15, 0.2) is 6.73 Å². The summed E-state index contributed by atoms with van der Waals surface area (Å²) in [5.41, 5.74) is 6.61. The molecule has 0 saturated heterocycles. The number of nitrogens with two attached hydrogens (primary N) is 1. The fourth-order valence-corrected chi connectivity index (χ4v) is 2.26. The molecule has 0 spiro atoms. The summed E-state index contributed by atoms with van der Waals surface area (Å²) >= 11 is 1.66. The summed E-state index contributed by atoms with van der Waals surface area (Å²) < 4.78 is 6.81. The topological polar surface area (TPSA) is 70.1 Å². The van der Waals surface area contributed by atoms with Gasteiger partial charge in [-0.05, 0) is 35.6 Å². The highest BCUT2D eigenvalue weighted by atomic mass is 32.1. The minimum absolute atomic E-state index is 0.0494. The number of esters is 1. The third-order valence-electron chi connectivity index (χ3n) is 3.03. The summed E-state index contributed by atoms with van der Waals surface area (Å²) in [6.07, 6.45) is 5.61. The Hall–Kier alpha value is -1.92. The minimum Gasteiger partial charge on any atom is -0.441 e. The zero-order valence-electron chi connectivity index (χ0n) is 12.1. The quantitative estimate of drug-likeness (QED) is 0.833. The van der Waals surface area contributed by atoms with Gasteiger partial charge in [0, 0.05) is 11.1 Å². The first-order chi connectivity index (χ1) is 10.1. The molecule has 0 aliphatic carbocycles. The third kappa shape index (κ3) is 4.27. The number of thiophene rings is 1. The SMILES string of the molecule is CC(C)C(N)C(=O)OCn1nccc1/C=C/c1cccs1. The van der Waals surface area contributed by atoms with Gasteiger partial charge < -0.3 is 10.5 Å². The average Bonchev–Trinajstić information content (AvgIpc) is 3.12. The van der Waals surface area contributed by atoms with Gasteiger partial charge >= 0.3 is 5.97 Å². The van der Waals surface area contributed by atoms with Gasteiger partial charge in [0.1, 0.15) is 6.04 Å². The molecular formula is C15H19N3O2S. The van der Waals surface area contributed by atoms with E-state index in [1.165, 1.54) is 0 Å². The van der Waals surface area contributed by atoms with Crippen molar-refractivity contribution < 1.29 is 9.53 Å². The van der Waals surface area contributed by atoms with E-state index in [4.69, 9.17) is 10.5 Å². The van der Waals surface area contributed by atoms with Gasteiger partial charge in [0.05, 0.1) is 5.69 Å². The van der Waals surface area contributed by atoms with Crippen molar-refractivity contribution in [1.29, 1.82) is 0 Å². The van der Waals surface area contributed by atoms with Crippen molar-refractivity contribution in [2.75, 3.05) is 0 Å². The van der Waals surface area contributed by atoms with Gasteiger partial charge in [-0.2, -0.15) is 5.10 Å². The van der Waals surface area contributed by atoms with Crippen LogP contribution >= 0.6 is 11.3 Å². The highest BCUT2D eigenvalue weighted by Gasteiger charge is 2.18. The molecule has 0 aliphatic heterocycles. The number of carbonyl (C=O) groups excluding carboxylic acids is 1. The summed E-state index contributed by atoms with van der Waals surface area (Å²) in [5, 5.41) is 6.16. The van der Waals surface area contributed by atoms with Gasteiger partial charge in [0.2, 0.25) is 0 Å². The van der Waals surface area contributed by atoms with Gasteiger partial charge in [-0.3, -0.25) is 4.79 Å². The number of aromatic nitrogens is 2. The lowest BCUT2D eigenvalue weighted by Crippen LogP contribution is -2.37. The van der Waals surface area contributed by atoms with Gasteiger partial charge in [-0.1, -0.05) is 19.9 Å². The Morgan fingerprint density at radius 3 is 2.95 bits per heavy atom. The Balaban J connectivity index is 1.96. The first kappa shape index (κ1) is 15.5. The summed E-state index contributed by atoms with van der Waals surface area (Å²) in [7, 11) is 0. The summed E-state index contributed by atoms with van der Waals surface area (Å²) in [4.78, 5) is 12.9. The molecule has 2 aromatic rings. The molecule has 0 amide bonds. The second-order valence-corrected chi connectivity index (χ2v) is 5.95. The van der Waals surface area contributed by atoms with Crippen molar-refractivity contribution in [1.82, 2.24) is 9.78 Å². The van der Waals surface area contributed by atoms with Crippen LogP contribution in [0.4, 0.5) is 0 Å². The Kier molecular flexibility index (Phi) is 5.30. The highest BCUT2D eigenvalue weighted by Crippen LogP contribution is 2.13. The molecule has 1 atom stereocenters. The maximum atomic E-state index is 11.7. The molecule has 6 heteroatoms. The van der Waals surface area contributed by atoms with E-state index < -0.39 is 12.0 Å². The monoisotopic (exact) mass is 305 g/mol. The smallest absolute Gasteiger partial charge is 0.324 e. The molecule has 5 nitrogen and oxygen atoms in total. The lowest BCUT2D eigenvalue weighted by atomic mass is 10.1. The molecule has 0 fully saturated rings. The fraction of sp³-hybridized carbons (Fsp3) is 0.333. The van der Waals surface area contributed by atoms with E-state index in [1.54, 1.807) is 22.2 Å². The molecule has 0 radical (unpaired) electrons. The molecule has 2 rings (SSSR count). The number of hydrogen-bond acceptors (Lipinski definition) is 5. The molecule has 1 unspecified atom stereocenters. The van der Waals surface area contributed by atoms with E-state index in [-0.39, 0.29) is 12.6 Å². The lowest BCUT2D eigenvalue weighted by molar-refractivity contribution is -0.150. The van der Waals surface area contributed by atoms with E-state index in [2.05, 4.69) is 5.10 Å². The second kappa shape index (κ2) is 7.19. The van der Waals surface area contributed by atoms with Crippen LogP contribution in [0.1, 0.15) is 24.4 Å². The van der Waals surface area contributed by atoms with Crippen LogP contribution in [0.3, 0.4) is 0 Å². The first-order valence-corrected chi connectivity index (χ1v) is 7.61. The second-order valence-electron chi connectivity index (χ2n) is 4.97. The molecule has 112 valence electrons. The van der Waals surface area contributed by atoms with Crippen LogP contribution in [0.2, 0.25) is 0 Å². The maximum absolute atomic E-state index is 11.7. The van der Waals surface area contributed by atoms with Crippen molar-refractivity contribution in [2.24, 2.45) is 11.7 Å². The largest absolute Gasteiger partial charge is 0.441 e. The molecule has 2 aromatic heterocycles. The van der Waals surface area contributed by atoms with Crippen LogP contribution in [0.15, 0.2) is 29.8 Å². The third-order valence-corrected chi connectivity index (χ3v) is 3.87. The van der Waals surface area contributed by atoms with E-state index in [9.17, 15) is 4.79 Å². The average molecular weight is 305 g/mol. The van der Waals surface area contributed by atoms with Gasteiger partial charge in [0.25, 0.3) is 0 Å². The van der Waals surface area contributed by atoms with E-state index in [0.29, 0.717) is 0 Å². The van der Waals surface area contributed by atoms with Crippen LogP contribution in [0, 0.1) is 5.92 Å². The molecule has 0 bridgehead atoms. The molecule has 2 N–H and O–H groups in total. The van der Waals surface area contributed by atoms with Crippen LogP contribution < -0.4 is 5.73 Å². The fourth-order valence-electron chi connectivity index (χ4n) is 1.64. The van der Waals surface area contributed by atoms with Crippen LogP contribution in [0.5, 0.6) is 0 Å². The Morgan fingerprint density at radius 1 is 1.48 bits per heavy atom. The molecule has 0 saturated carbocycles. The number of ether oxygens (including phenoxy) is 1. The Morgan fingerprint density at radius 2 is 2.29 bits per heavy atom. The van der Waals surface area contributed by atoms with E-state index in [0.717, 1.165) is 10.6 Å². The Bertz CT molecular complexity index is 602. The number of hydrogen-bond donors (Lipinski definition) is 1. The first-order valence-electron chi connectivity index (χ1n) is 6.73. The molecular weight excluding hydrogens is 286 g/mol. The van der Waals surface area contributed by atoms with Crippen molar-refractivity contribution in [2.45, 2.75) is 26.6 Å². The zero-order valence-corrected chi connectivity index (χ0v) is 12.9. The predicted octanol–water partition coefficient (Wildman–Crippen LogP) is 2.60. The number of nitrogens with zero attached hydrogens (tertiary/aromatic N) is 2. The van der Waals surface area contributed by atoms with Crippen LogP contribution in [-0.2, 0) is 16.3 Å². The van der Waals surface area contributed by atoms with E-state index in [1.807, 2.05) is 49.6 Å². The highest BCUT2D eigenvalue weighted by molar-refractivity contribution is 7.10. The van der Waals surface area contributed by atoms with Gasteiger partial charge in [-0.25, -0.2) is 4.68 Å². The molecule has 21 heavy (non-hydrogen) atoms. The summed E-state index contributed by atoms with van der Waals surface area (Å²) in [5.74, 6) is -0.359.